The standard InChI is InChI=1S/C15H21F2N3/c1-3-5-6-10(4-2)9-20-13-8-11(16)7-12(17)14(13)19-15(20)18/h7-8,10H,3-6,9H2,1-2H3,(H2,18,19). The molecule has 1 atom stereocenters. The van der Waals surface area contributed by atoms with Crippen molar-refractivity contribution < 1.29 is 8.78 Å². The quantitative estimate of drug-likeness (QED) is 0.865. The number of aromatic nitrogens is 2. The van der Waals surface area contributed by atoms with Crippen LogP contribution in [0.3, 0.4) is 0 Å². The lowest BCUT2D eigenvalue weighted by Gasteiger charge is -2.16. The maximum absolute atomic E-state index is 13.7. The van der Waals surface area contributed by atoms with Crippen molar-refractivity contribution >= 4 is 17.0 Å². The third-order valence-corrected chi connectivity index (χ3v) is 3.79. The maximum Gasteiger partial charge on any atom is 0.201 e. The van der Waals surface area contributed by atoms with Gasteiger partial charge in [-0.25, -0.2) is 13.8 Å². The number of imidazole rings is 1. The summed E-state index contributed by atoms with van der Waals surface area (Å²) in [6.07, 6.45) is 4.38. The number of hydrogen-bond donors (Lipinski definition) is 1. The van der Waals surface area contributed by atoms with Crippen molar-refractivity contribution in [3.8, 4) is 0 Å². The zero-order valence-electron chi connectivity index (χ0n) is 12.0. The molecule has 0 spiro atoms. The van der Waals surface area contributed by atoms with E-state index in [4.69, 9.17) is 5.73 Å². The van der Waals surface area contributed by atoms with E-state index in [0.717, 1.165) is 31.7 Å². The van der Waals surface area contributed by atoms with Crippen LogP contribution in [0, 0.1) is 17.6 Å². The summed E-state index contributed by atoms with van der Waals surface area (Å²) in [4.78, 5) is 4.02. The number of benzene rings is 1. The van der Waals surface area contributed by atoms with E-state index in [1.165, 1.54) is 6.07 Å². The molecule has 0 fully saturated rings. The molecule has 3 nitrogen and oxygen atoms in total. The number of fused-ring (bicyclic) bond motifs is 1. The molecule has 2 N–H and O–H groups in total. The number of nitrogen functional groups attached to an aromatic ring is 1. The molecule has 20 heavy (non-hydrogen) atoms. The van der Waals surface area contributed by atoms with E-state index in [9.17, 15) is 8.78 Å². The van der Waals surface area contributed by atoms with Gasteiger partial charge in [-0.15, -0.1) is 0 Å². The topological polar surface area (TPSA) is 43.8 Å². The summed E-state index contributed by atoms with van der Waals surface area (Å²) in [6.45, 7) is 4.93. The Kier molecular flexibility index (Phi) is 4.57. The molecular weight excluding hydrogens is 260 g/mol. The first-order chi connectivity index (χ1) is 9.56. The second-order valence-corrected chi connectivity index (χ2v) is 5.25. The van der Waals surface area contributed by atoms with Crippen LogP contribution in [0.2, 0.25) is 0 Å². The first-order valence-electron chi connectivity index (χ1n) is 7.17. The number of anilines is 1. The normalized spacial score (nSPS) is 13.0. The number of halogens is 2. The van der Waals surface area contributed by atoms with E-state index in [1.807, 2.05) is 0 Å². The van der Waals surface area contributed by atoms with Crippen molar-refractivity contribution in [1.29, 1.82) is 0 Å². The van der Waals surface area contributed by atoms with Gasteiger partial charge in [-0.2, -0.15) is 0 Å². The van der Waals surface area contributed by atoms with Crippen LogP contribution in [0.25, 0.3) is 11.0 Å². The Morgan fingerprint density at radius 2 is 2.05 bits per heavy atom. The zero-order chi connectivity index (χ0) is 14.7. The van der Waals surface area contributed by atoms with Gasteiger partial charge in [-0.3, -0.25) is 0 Å². The number of nitrogens with two attached hydrogens (primary N) is 1. The summed E-state index contributed by atoms with van der Waals surface area (Å²) in [5.41, 5.74) is 6.45. The third kappa shape index (κ3) is 2.92. The van der Waals surface area contributed by atoms with E-state index in [0.29, 0.717) is 18.0 Å². The van der Waals surface area contributed by atoms with Gasteiger partial charge in [0.2, 0.25) is 5.95 Å². The minimum absolute atomic E-state index is 0.147. The molecule has 0 aliphatic rings. The van der Waals surface area contributed by atoms with Crippen molar-refractivity contribution in [3.63, 3.8) is 0 Å². The van der Waals surface area contributed by atoms with Crippen molar-refractivity contribution in [2.75, 3.05) is 5.73 Å². The van der Waals surface area contributed by atoms with Gasteiger partial charge in [-0.1, -0.05) is 33.1 Å². The number of nitrogens with zero attached hydrogens (tertiary/aromatic N) is 2. The fourth-order valence-corrected chi connectivity index (χ4v) is 2.53. The minimum atomic E-state index is -0.660. The van der Waals surface area contributed by atoms with Crippen molar-refractivity contribution in [3.05, 3.63) is 23.8 Å². The van der Waals surface area contributed by atoms with Crippen LogP contribution < -0.4 is 5.73 Å². The Hall–Kier alpha value is -1.65. The Balaban J connectivity index is 2.35. The first kappa shape index (κ1) is 14.8. The molecule has 0 amide bonds. The molecule has 0 bridgehead atoms. The molecule has 0 radical (unpaired) electrons. The van der Waals surface area contributed by atoms with E-state index >= 15 is 0 Å². The molecule has 1 unspecified atom stereocenters. The van der Waals surface area contributed by atoms with E-state index < -0.39 is 11.6 Å². The zero-order valence-corrected chi connectivity index (χ0v) is 12.0. The highest BCUT2D eigenvalue weighted by molar-refractivity contribution is 5.79. The molecule has 1 heterocycles. The number of hydrogen-bond acceptors (Lipinski definition) is 2. The SMILES string of the molecule is CCCCC(CC)Cn1c(N)nc2c(F)cc(F)cc21. The number of rotatable bonds is 6. The van der Waals surface area contributed by atoms with Gasteiger partial charge >= 0.3 is 0 Å². The van der Waals surface area contributed by atoms with E-state index in [-0.39, 0.29) is 11.5 Å². The Bertz CT molecular complexity index is 592. The summed E-state index contributed by atoms with van der Waals surface area (Å²) < 4.78 is 28.8. The van der Waals surface area contributed by atoms with Crippen molar-refractivity contribution in [2.45, 2.75) is 46.1 Å². The van der Waals surface area contributed by atoms with Crippen molar-refractivity contribution in [2.24, 2.45) is 5.92 Å². The maximum atomic E-state index is 13.7. The van der Waals surface area contributed by atoms with Gasteiger partial charge in [0.05, 0.1) is 5.52 Å². The average Bonchev–Trinajstić information content (AvgIpc) is 2.71. The van der Waals surface area contributed by atoms with Crippen LogP contribution >= 0.6 is 0 Å². The summed E-state index contributed by atoms with van der Waals surface area (Å²) in [6, 6.07) is 2.14. The van der Waals surface area contributed by atoms with Gasteiger partial charge < -0.3 is 10.3 Å². The monoisotopic (exact) mass is 281 g/mol. The lowest BCUT2D eigenvalue weighted by Crippen LogP contribution is -2.12. The Morgan fingerprint density at radius 3 is 2.70 bits per heavy atom. The van der Waals surface area contributed by atoms with Crippen LogP contribution in [0.15, 0.2) is 12.1 Å². The first-order valence-corrected chi connectivity index (χ1v) is 7.17. The van der Waals surface area contributed by atoms with Crippen LogP contribution in [0.1, 0.15) is 39.5 Å². The molecule has 0 saturated carbocycles. The Labute approximate surface area is 117 Å². The average molecular weight is 281 g/mol. The highest BCUT2D eigenvalue weighted by Gasteiger charge is 2.16. The van der Waals surface area contributed by atoms with E-state index in [2.05, 4.69) is 18.8 Å². The predicted octanol–water partition coefficient (Wildman–Crippen LogP) is 4.11. The summed E-state index contributed by atoms with van der Waals surface area (Å²) in [7, 11) is 0. The largest absolute Gasteiger partial charge is 0.369 e. The summed E-state index contributed by atoms with van der Waals surface area (Å²) in [5.74, 6) is -0.565. The lowest BCUT2D eigenvalue weighted by atomic mass is 9.99. The molecule has 2 rings (SSSR count). The molecule has 0 aliphatic heterocycles. The molecule has 5 heteroatoms. The summed E-state index contributed by atoms with van der Waals surface area (Å²) in [5, 5.41) is 0. The summed E-state index contributed by atoms with van der Waals surface area (Å²) >= 11 is 0. The van der Waals surface area contributed by atoms with Crippen molar-refractivity contribution in [1.82, 2.24) is 9.55 Å². The van der Waals surface area contributed by atoms with Gasteiger partial charge in [0, 0.05) is 18.7 Å². The molecule has 2 aromatic rings. The van der Waals surface area contributed by atoms with Gasteiger partial charge in [0.25, 0.3) is 0 Å². The fraction of sp³-hybridized carbons (Fsp3) is 0.533. The molecular formula is C15H21F2N3. The highest BCUT2D eigenvalue weighted by atomic mass is 19.1. The fourth-order valence-electron chi connectivity index (χ4n) is 2.53. The molecule has 0 saturated heterocycles. The predicted molar refractivity (Wildman–Crippen MR) is 77.4 cm³/mol. The van der Waals surface area contributed by atoms with E-state index in [1.54, 1.807) is 4.57 Å². The Morgan fingerprint density at radius 1 is 1.30 bits per heavy atom. The smallest absolute Gasteiger partial charge is 0.201 e. The third-order valence-electron chi connectivity index (χ3n) is 3.79. The van der Waals surface area contributed by atoms with Gasteiger partial charge in [0.15, 0.2) is 5.82 Å². The van der Waals surface area contributed by atoms with Crippen LogP contribution in [0.5, 0.6) is 0 Å². The van der Waals surface area contributed by atoms with Crippen LogP contribution in [0.4, 0.5) is 14.7 Å². The van der Waals surface area contributed by atoms with Crippen LogP contribution in [-0.4, -0.2) is 9.55 Å². The van der Waals surface area contributed by atoms with Gasteiger partial charge in [0.1, 0.15) is 11.3 Å². The molecule has 110 valence electrons. The molecule has 1 aromatic carbocycles. The van der Waals surface area contributed by atoms with Crippen LogP contribution in [-0.2, 0) is 6.54 Å². The second kappa shape index (κ2) is 6.20. The lowest BCUT2D eigenvalue weighted by molar-refractivity contribution is 0.397. The van der Waals surface area contributed by atoms with Gasteiger partial charge in [-0.05, 0) is 12.3 Å². The highest BCUT2D eigenvalue weighted by Crippen LogP contribution is 2.25. The minimum Gasteiger partial charge on any atom is -0.369 e. The molecule has 1 aromatic heterocycles. The number of unbranched alkanes of at least 4 members (excludes halogenated alkanes) is 1. The molecule has 0 aliphatic carbocycles. The second-order valence-electron chi connectivity index (χ2n) is 5.25.